The summed E-state index contributed by atoms with van der Waals surface area (Å²) < 4.78 is 0. The van der Waals surface area contributed by atoms with Crippen LogP contribution in [0.25, 0.3) is 22.6 Å². The Morgan fingerprint density at radius 2 is 2.06 bits per heavy atom. The molecule has 0 bridgehead atoms. The molecule has 3 aromatic heterocycles. The van der Waals surface area contributed by atoms with Gasteiger partial charge in [0.15, 0.2) is 11.5 Å². The lowest BCUT2D eigenvalue weighted by molar-refractivity contribution is 0.473. The maximum absolute atomic E-state index is 9.31. The van der Waals surface area contributed by atoms with Crippen LogP contribution in [0, 0.1) is 0 Å². The second kappa shape index (κ2) is 3.27. The lowest BCUT2D eigenvalue weighted by Gasteiger charge is -1.99. The maximum atomic E-state index is 9.31. The first-order chi connectivity index (χ1) is 7.83. The molecule has 16 heavy (non-hydrogen) atoms. The van der Waals surface area contributed by atoms with E-state index in [4.69, 9.17) is 0 Å². The van der Waals surface area contributed by atoms with E-state index in [1.54, 1.807) is 24.8 Å². The van der Waals surface area contributed by atoms with Gasteiger partial charge in [-0.1, -0.05) is 0 Å². The highest BCUT2D eigenvalue weighted by atomic mass is 16.3. The molecule has 6 nitrogen and oxygen atoms in total. The Morgan fingerprint density at radius 1 is 1.12 bits per heavy atom. The quantitative estimate of drug-likeness (QED) is 0.632. The van der Waals surface area contributed by atoms with E-state index in [0.29, 0.717) is 22.6 Å². The number of aromatic hydroxyl groups is 1. The third kappa shape index (κ3) is 1.36. The van der Waals surface area contributed by atoms with Crippen molar-refractivity contribution < 1.29 is 5.11 Å². The summed E-state index contributed by atoms with van der Waals surface area (Å²) in [6, 6.07) is 1.56. The van der Waals surface area contributed by atoms with E-state index in [1.165, 1.54) is 6.20 Å². The van der Waals surface area contributed by atoms with Gasteiger partial charge in [-0.15, -0.1) is 0 Å². The van der Waals surface area contributed by atoms with Gasteiger partial charge in [0.05, 0.1) is 18.7 Å². The highest BCUT2D eigenvalue weighted by Crippen LogP contribution is 2.19. The smallest absolute Gasteiger partial charge is 0.163 e. The second-order valence-electron chi connectivity index (χ2n) is 3.26. The molecule has 3 aromatic rings. The number of pyridine rings is 1. The molecule has 0 saturated carbocycles. The van der Waals surface area contributed by atoms with E-state index in [-0.39, 0.29) is 5.75 Å². The number of hydrogen-bond donors (Lipinski definition) is 2. The van der Waals surface area contributed by atoms with Crippen LogP contribution in [0.1, 0.15) is 0 Å². The zero-order chi connectivity index (χ0) is 11.0. The van der Waals surface area contributed by atoms with Crippen LogP contribution in [0.2, 0.25) is 0 Å². The average molecular weight is 213 g/mol. The van der Waals surface area contributed by atoms with Crippen molar-refractivity contribution in [2.45, 2.75) is 0 Å². The highest BCUT2D eigenvalue weighted by molar-refractivity contribution is 5.71. The molecule has 0 aliphatic carbocycles. The van der Waals surface area contributed by atoms with Gasteiger partial charge in [0.1, 0.15) is 11.3 Å². The third-order valence-electron chi connectivity index (χ3n) is 2.16. The maximum Gasteiger partial charge on any atom is 0.163 e. The number of hydrogen-bond acceptors (Lipinski definition) is 5. The number of nitrogens with one attached hydrogen (secondary N) is 1. The van der Waals surface area contributed by atoms with Gasteiger partial charge >= 0.3 is 0 Å². The summed E-state index contributed by atoms with van der Waals surface area (Å²) >= 11 is 0. The Bertz CT molecular complexity index is 648. The molecule has 3 rings (SSSR count). The lowest BCUT2D eigenvalue weighted by atomic mass is 10.2. The molecular weight excluding hydrogens is 206 g/mol. The van der Waals surface area contributed by atoms with Crippen molar-refractivity contribution >= 4 is 11.2 Å². The van der Waals surface area contributed by atoms with E-state index in [1.807, 2.05) is 0 Å². The minimum atomic E-state index is 0.0887. The fraction of sp³-hybridized carbons (Fsp3) is 0. The molecule has 0 amide bonds. The van der Waals surface area contributed by atoms with Crippen LogP contribution in [-0.4, -0.2) is 30.0 Å². The van der Waals surface area contributed by atoms with Gasteiger partial charge in [0.25, 0.3) is 0 Å². The van der Waals surface area contributed by atoms with Crippen LogP contribution in [0.3, 0.4) is 0 Å². The first kappa shape index (κ1) is 8.78. The van der Waals surface area contributed by atoms with Crippen molar-refractivity contribution in [1.29, 1.82) is 0 Å². The summed E-state index contributed by atoms with van der Waals surface area (Å²) in [6.07, 6.45) is 6.14. The zero-order valence-corrected chi connectivity index (χ0v) is 8.12. The van der Waals surface area contributed by atoms with E-state index in [2.05, 4.69) is 24.9 Å². The molecule has 0 aliphatic heterocycles. The van der Waals surface area contributed by atoms with Gasteiger partial charge < -0.3 is 10.1 Å². The minimum Gasteiger partial charge on any atom is -0.506 e. The third-order valence-corrected chi connectivity index (χ3v) is 2.16. The van der Waals surface area contributed by atoms with Gasteiger partial charge in [0.2, 0.25) is 0 Å². The predicted octanol–water partition coefficient (Wildman–Crippen LogP) is 1.12. The largest absolute Gasteiger partial charge is 0.506 e. The Morgan fingerprint density at radius 3 is 2.94 bits per heavy atom. The first-order valence-corrected chi connectivity index (χ1v) is 4.63. The van der Waals surface area contributed by atoms with E-state index in [0.717, 1.165) is 0 Å². The second-order valence-corrected chi connectivity index (χ2v) is 3.26. The monoisotopic (exact) mass is 213 g/mol. The summed E-state index contributed by atoms with van der Waals surface area (Å²) in [5, 5.41) is 9.31. The fourth-order valence-corrected chi connectivity index (χ4v) is 1.43. The van der Waals surface area contributed by atoms with Crippen LogP contribution >= 0.6 is 0 Å². The highest BCUT2D eigenvalue weighted by Gasteiger charge is 2.05. The number of H-pyrrole nitrogens is 1. The van der Waals surface area contributed by atoms with Gasteiger partial charge in [0, 0.05) is 11.8 Å². The Labute approximate surface area is 90.1 Å². The summed E-state index contributed by atoms with van der Waals surface area (Å²) in [4.78, 5) is 19.2. The van der Waals surface area contributed by atoms with E-state index in [9.17, 15) is 5.11 Å². The first-order valence-electron chi connectivity index (χ1n) is 4.63. The number of imidazole rings is 1. The number of nitrogens with zero attached hydrogens (tertiary/aromatic N) is 4. The van der Waals surface area contributed by atoms with Crippen LogP contribution in [0.5, 0.6) is 5.75 Å². The summed E-state index contributed by atoms with van der Waals surface area (Å²) in [7, 11) is 0. The predicted molar refractivity (Wildman–Crippen MR) is 56.6 cm³/mol. The van der Waals surface area contributed by atoms with E-state index < -0.39 is 0 Å². The molecule has 0 saturated heterocycles. The molecule has 0 radical (unpaired) electrons. The summed E-state index contributed by atoms with van der Waals surface area (Å²) in [6.45, 7) is 0. The molecule has 0 spiro atoms. The molecule has 0 aromatic carbocycles. The molecule has 3 heterocycles. The van der Waals surface area contributed by atoms with Gasteiger partial charge in [-0.05, 0) is 6.07 Å². The van der Waals surface area contributed by atoms with Crippen molar-refractivity contribution in [2.75, 3.05) is 0 Å². The molecule has 6 heteroatoms. The molecule has 2 N–H and O–H groups in total. The average Bonchev–Trinajstić information content (AvgIpc) is 2.75. The number of aromatic nitrogens is 5. The van der Waals surface area contributed by atoms with Crippen molar-refractivity contribution in [3.63, 3.8) is 0 Å². The Balaban J connectivity index is 2.18. The van der Waals surface area contributed by atoms with E-state index >= 15 is 0 Å². The number of aromatic amines is 1. The summed E-state index contributed by atoms with van der Waals surface area (Å²) in [5.41, 5.74) is 2.03. The molecule has 78 valence electrons. The van der Waals surface area contributed by atoms with Crippen LogP contribution in [0.15, 0.2) is 31.0 Å². The zero-order valence-electron chi connectivity index (χ0n) is 8.12. The van der Waals surface area contributed by atoms with Crippen molar-refractivity contribution in [3.05, 3.63) is 31.0 Å². The van der Waals surface area contributed by atoms with Crippen molar-refractivity contribution in [3.8, 4) is 17.1 Å². The fourth-order valence-electron chi connectivity index (χ4n) is 1.43. The minimum absolute atomic E-state index is 0.0887. The standard InChI is InChI=1S/C10H7N5O/c16-7-1-6(2-11-3-7)9-12-4-8-10(15-9)14-5-13-8/h1-5,16H,(H,12,13,14,15). The molecule has 0 aliphatic rings. The van der Waals surface area contributed by atoms with Gasteiger partial charge in [-0.25, -0.2) is 15.0 Å². The molecule has 0 unspecified atom stereocenters. The lowest BCUT2D eigenvalue weighted by Crippen LogP contribution is -1.90. The number of rotatable bonds is 1. The van der Waals surface area contributed by atoms with Gasteiger partial charge in [-0.2, -0.15) is 0 Å². The number of fused-ring (bicyclic) bond motifs is 1. The van der Waals surface area contributed by atoms with Crippen molar-refractivity contribution in [1.82, 2.24) is 24.9 Å². The summed E-state index contributed by atoms with van der Waals surface area (Å²) in [5.74, 6) is 0.589. The van der Waals surface area contributed by atoms with Gasteiger partial charge in [-0.3, -0.25) is 4.98 Å². The molecule has 0 fully saturated rings. The van der Waals surface area contributed by atoms with Crippen molar-refractivity contribution in [2.24, 2.45) is 0 Å². The van der Waals surface area contributed by atoms with Crippen LogP contribution < -0.4 is 0 Å². The molecule has 0 atom stereocenters. The normalized spacial score (nSPS) is 10.8. The molecular formula is C10H7N5O. The Hall–Kier alpha value is -2.50. The topological polar surface area (TPSA) is 87.6 Å². The SMILES string of the molecule is Oc1cncc(-c2ncc3nc[nH]c3n2)c1. The Kier molecular flexibility index (Phi) is 1.79. The van der Waals surface area contributed by atoms with Crippen LogP contribution in [0.4, 0.5) is 0 Å². The van der Waals surface area contributed by atoms with Crippen LogP contribution in [-0.2, 0) is 0 Å².